The van der Waals surface area contributed by atoms with Gasteiger partial charge in [-0.05, 0) is 24.6 Å². The summed E-state index contributed by atoms with van der Waals surface area (Å²) in [6.07, 6.45) is -0.555. The molecular formula is C13H15BrO3. The molecule has 0 aliphatic carbocycles. The first kappa shape index (κ1) is 13.9. The molecule has 1 atom stereocenters. The van der Waals surface area contributed by atoms with Crippen molar-refractivity contribution >= 4 is 21.9 Å². The van der Waals surface area contributed by atoms with Gasteiger partial charge in [-0.1, -0.05) is 34.6 Å². The van der Waals surface area contributed by atoms with Gasteiger partial charge in [-0.3, -0.25) is 0 Å². The molecule has 0 bridgehead atoms. The van der Waals surface area contributed by atoms with Crippen LogP contribution in [0, 0.1) is 0 Å². The van der Waals surface area contributed by atoms with Crippen molar-refractivity contribution in [1.82, 2.24) is 0 Å². The number of carbonyl (C=O) groups excluding carboxylic acids is 1. The average molecular weight is 299 g/mol. The summed E-state index contributed by atoms with van der Waals surface area (Å²) in [6, 6.07) is 7.28. The molecule has 1 N–H and O–H groups in total. The summed E-state index contributed by atoms with van der Waals surface area (Å²) in [4.78, 5) is 11.3. The Hall–Kier alpha value is -1.13. The molecule has 1 aromatic carbocycles. The second kappa shape index (κ2) is 6.57. The van der Waals surface area contributed by atoms with Gasteiger partial charge in [0.05, 0.1) is 12.7 Å². The third-order valence-electron chi connectivity index (χ3n) is 2.26. The molecule has 0 aromatic heterocycles. The van der Waals surface area contributed by atoms with Gasteiger partial charge >= 0.3 is 5.97 Å². The Balaban J connectivity index is 2.60. The van der Waals surface area contributed by atoms with Crippen LogP contribution >= 0.6 is 15.9 Å². The van der Waals surface area contributed by atoms with Crippen LogP contribution in [0.25, 0.3) is 0 Å². The predicted molar refractivity (Wildman–Crippen MR) is 69.5 cm³/mol. The molecular weight excluding hydrogens is 284 g/mol. The number of hydrogen-bond donors (Lipinski definition) is 1. The van der Waals surface area contributed by atoms with E-state index in [9.17, 15) is 9.90 Å². The van der Waals surface area contributed by atoms with Crippen molar-refractivity contribution in [3.05, 3.63) is 46.5 Å². The lowest BCUT2D eigenvalue weighted by atomic mass is 10.0. The van der Waals surface area contributed by atoms with Gasteiger partial charge in [0.25, 0.3) is 0 Å². The van der Waals surface area contributed by atoms with E-state index >= 15 is 0 Å². The third-order valence-corrected chi connectivity index (χ3v) is 2.79. The van der Waals surface area contributed by atoms with Gasteiger partial charge in [0.1, 0.15) is 0 Å². The highest BCUT2D eigenvalue weighted by atomic mass is 79.9. The summed E-state index contributed by atoms with van der Waals surface area (Å²) in [5.41, 5.74) is 1.03. The molecule has 1 aromatic rings. The van der Waals surface area contributed by atoms with Gasteiger partial charge < -0.3 is 9.84 Å². The molecule has 4 heteroatoms. The van der Waals surface area contributed by atoms with Gasteiger partial charge in [0.15, 0.2) is 0 Å². The molecule has 17 heavy (non-hydrogen) atoms. The molecule has 0 saturated carbocycles. The first-order chi connectivity index (χ1) is 8.04. The van der Waals surface area contributed by atoms with E-state index in [0.717, 1.165) is 10.0 Å². The number of benzene rings is 1. The molecule has 0 saturated heterocycles. The van der Waals surface area contributed by atoms with Gasteiger partial charge in [0.2, 0.25) is 0 Å². The van der Waals surface area contributed by atoms with Crippen LogP contribution in [-0.4, -0.2) is 17.7 Å². The van der Waals surface area contributed by atoms with Crippen LogP contribution in [0.4, 0.5) is 0 Å². The van der Waals surface area contributed by atoms with E-state index in [4.69, 9.17) is 4.74 Å². The maximum absolute atomic E-state index is 11.3. The zero-order valence-electron chi connectivity index (χ0n) is 9.65. The number of aliphatic hydroxyl groups excluding tert-OH is 1. The van der Waals surface area contributed by atoms with E-state index in [0.29, 0.717) is 6.61 Å². The van der Waals surface area contributed by atoms with Crippen molar-refractivity contribution in [2.45, 2.75) is 19.4 Å². The van der Waals surface area contributed by atoms with E-state index in [1.165, 1.54) is 0 Å². The average Bonchev–Trinajstić information content (AvgIpc) is 2.30. The van der Waals surface area contributed by atoms with E-state index < -0.39 is 12.1 Å². The number of esters is 1. The van der Waals surface area contributed by atoms with E-state index in [1.54, 1.807) is 19.1 Å². The minimum absolute atomic E-state index is 0.181. The lowest BCUT2D eigenvalue weighted by Crippen LogP contribution is -2.10. The number of ether oxygens (including phenoxy) is 1. The van der Waals surface area contributed by atoms with Crippen LogP contribution in [0.3, 0.4) is 0 Å². The molecule has 92 valence electrons. The maximum atomic E-state index is 11.3. The van der Waals surface area contributed by atoms with E-state index in [-0.39, 0.29) is 12.0 Å². The molecule has 0 aliphatic heterocycles. The number of hydrogen-bond acceptors (Lipinski definition) is 3. The number of carbonyl (C=O) groups is 1. The number of aliphatic hydroxyl groups is 1. The minimum Gasteiger partial charge on any atom is -0.463 e. The zero-order chi connectivity index (χ0) is 12.8. The lowest BCUT2D eigenvalue weighted by molar-refractivity contribution is -0.138. The van der Waals surface area contributed by atoms with Crippen molar-refractivity contribution in [1.29, 1.82) is 0 Å². The van der Waals surface area contributed by atoms with Gasteiger partial charge in [-0.25, -0.2) is 4.79 Å². The highest BCUT2D eigenvalue weighted by molar-refractivity contribution is 9.10. The number of halogens is 1. The standard InChI is InChI=1S/C13H15BrO3/c1-3-17-13(16)9(2)8-12(15)10-4-6-11(14)7-5-10/h4-7,12,15H,2-3,8H2,1H3. The number of rotatable bonds is 5. The van der Waals surface area contributed by atoms with E-state index in [2.05, 4.69) is 22.5 Å². The largest absolute Gasteiger partial charge is 0.463 e. The minimum atomic E-state index is -0.736. The monoisotopic (exact) mass is 298 g/mol. The first-order valence-corrected chi connectivity index (χ1v) is 6.12. The third kappa shape index (κ3) is 4.32. The first-order valence-electron chi connectivity index (χ1n) is 5.33. The Bertz CT molecular complexity index is 398. The van der Waals surface area contributed by atoms with Gasteiger partial charge in [-0.15, -0.1) is 0 Å². The summed E-state index contributed by atoms with van der Waals surface area (Å²) in [5, 5.41) is 9.92. The fourth-order valence-electron chi connectivity index (χ4n) is 1.35. The van der Waals surface area contributed by atoms with Crippen molar-refractivity contribution in [2.75, 3.05) is 6.61 Å². The van der Waals surface area contributed by atoms with Crippen molar-refractivity contribution < 1.29 is 14.6 Å². The molecule has 1 unspecified atom stereocenters. The van der Waals surface area contributed by atoms with Gasteiger partial charge in [-0.2, -0.15) is 0 Å². The second-order valence-corrected chi connectivity index (χ2v) is 4.51. The topological polar surface area (TPSA) is 46.5 Å². The summed E-state index contributed by atoms with van der Waals surface area (Å²) in [5.74, 6) is -0.455. The van der Waals surface area contributed by atoms with E-state index in [1.807, 2.05) is 12.1 Å². The molecule has 0 fully saturated rings. The normalized spacial score (nSPS) is 11.9. The van der Waals surface area contributed by atoms with Crippen LogP contribution in [0.15, 0.2) is 40.9 Å². The molecule has 0 aliphatic rings. The Morgan fingerprint density at radius 3 is 2.59 bits per heavy atom. The molecule has 0 heterocycles. The summed E-state index contributed by atoms with van der Waals surface area (Å²) >= 11 is 3.32. The smallest absolute Gasteiger partial charge is 0.333 e. The van der Waals surface area contributed by atoms with Gasteiger partial charge in [0, 0.05) is 16.5 Å². The second-order valence-electron chi connectivity index (χ2n) is 3.60. The van der Waals surface area contributed by atoms with Crippen molar-refractivity contribution in [2.24, 2.45) is 0 Å². The van der Waals surface area contributed by atoms with Crippen molar-refractivity contribution in [3.63, 3.8) is 0 Å². The molecule has 0 radical (unpaired) electrons. The highest BCUT2D eigenvalue weighted by Gasteiger charge is 2.14. The highest BCUT2D eigenvalue weighted by Crippen LogP contribution is 2.22. The summed E-state index contributed by atoms with van der Waals surface area (Å²) in [6.45, 7) is 5.66. The Morgan fingerprint density at radius 1 is 1.47 bits per heavy atom. The molecule has 0 amide bonds. The maximum Gasteiger partial charge on any atom is 0.333 e. The van der Waals surface area contributed by atoms with Crippen molar-refractivity contribution in [3.8, 4) is 0 Å². The lowest BCUT2D eigenvalue weighted by Gasteiger charge is -2.12. The predicted octanol–water partition coefficient (Wildman–Crippen LogP) is 2.99. The Morgan fingerprint density at radius 2 is 2.06 bits per heavy atom. The fourth-order valence-corrected chi connectivity index (χ4v) is 1.62. The molecule has 3 nitrogen and oxygen atoms in total. The van der Waals surface area contributed by atoms with Crippen LogP contribution in [0.1, 0.15) is 25.0 Å². The quantitative estimate of drug-likeness (QED) is 0.671. The Kier molecular flexibility index (Phi) is 5.38. The fraction of sp³-hybridized carbons (Fsp3) is 0.308. The van der Waals surface area contributed by atoms with Crippen LogP contribution in [0.5, 0.6) is 0 Å². The van der Waals surface area contributed by atoms with Crippen LogP contribution in [0.2, 0.25) is 0 Å². The van der Waals surface area contributed by atoms with Crippen LogP contribution in [-0.2, 0) is 9.53 Å². The zero-order valence-corrected chi connectivity index (χ0v) is 11.2. The SMILES string of the molecule is C=C(CC(O)c1ccc(Br)cc1)C(=O)OCC. The molecule has 1 rings (SSSR count). The Labute approximate surface area is 109 Å². The van der Waals surface area contributed by atoms with Crippen LogP contribution < -0.4 is 0 Å². The summed E-state index contributed by atoms with van der Waals surface area (Å²) < 4.78 is 5.74. The molecule has 0 spiro atoms. The summed E-state index contributed by atoms with van der Waals surface area (Å²) in [7, 11) is 0.